The zero-order valence-electron chi connectivity index (χ0n) is 24.1. The van der Waals surface area contributed by atoms with Crippen LogP contribution in [0.4, 0.5) is 0 Å². The minimum absolute atomic E-state index is 0.132. The van der Waals surface area contributed by atoms with Gasteiger partial charge in [0.25, 0.3) is 0 Å². The van der Waals surface area contributed by atoms with E-state index in [-0.39, 0.29) is 31.1 Å². The molecule has 0 radical (unpaired) electrons. The minimum atomic E-state index is -1.67. The summed E-state index contributed by atoms with van der Waals surface area (Å²) >= 11 is 0. The second-order valence-electron chi connectivity index (χ2n) is 12.4. The van der Waals surface area contributed by atoms with E-state index in [2.05, 4.69) is 17.0 Å². The van der Waals surface area contributed by atoms with Gasteiger partial charge in [0.15, 0.2) is 5.79 Å². The number of ether oxygens (including phenoxy) is 2. The van der Waals surface area contributed by atoms with Crippen molar-refractivity contribution in [3.05, 3.63) is 89.9 Å². The molecule has 1 aromatic heterocycles. The van der Waals surface area contributed by atoms with Crippen LogP contribution in [0.3, 0.4) is 0 Å². The number of para-hydroxylation sites is 1. The SMILES string of the molecule is O=C1[C@H]2[C@H](C[C@H](COc3ccccc3)[C@@]3(O)O[C@H](c4ccc(CO)o4)C[C@@H]23)C(=O)N1C1CCN(Cc2ccccc2)CC1. The van der Waals surface area contributed by atoms with Crippen molar-refractivity contribution in [1.29, 1.82) is 0 Å². The summed E-state index contributed by atoms with van der Waals surface area (Å²) < 4.78 is 18.2. The fourth-order valence-electron chi connectivity index (χ4n) is 7.78. The number of amides is 2. The predicted octanol–water partition coefficient (Wildman–Crippen LogP) is 3.90. The van der Waals surface area contributed by atoms with Gasteiger partial charge in [0.2, 0.25) is 11.8 Å². The van der Waals surface area contributed by atoms with Crippen molar-refractivity contribution >= 4 is 11.8 Å². The summed E-state index contributed by atoms with van der Waals surface area (Å²) in [6, 6.07) is 23.0. The molecule has 1 aliphatic carbocycles. The number of aliphatic hydroxyl groups excluding tert-OH is 1. The molecule has 0 bridgehead atoms. The molecule has 0 unspecified atom stereocenters. The van der Waals surface area contributed by atoms with Gasteiger partial charge in [0, 0.05) is 37.5 Å². The molecule has 3 aromatic rings. The number of rotatable bonds is 8. The second-order valence-corrected chi connectivity index (χ2v) is 12.4. The first kappa shape index (κ1) is 28.3. The van der Waals surface area contributed by atoms with Crippen molar-refractivity contribution in [2.75, 3.05) is 19.7 Å². The van der Waals surface area contributed by atoms with Crippen LogP contribution in [0.15, 0.2) is 77.2 Å². The Bertz CT molecular complexity index is 1440. The van der Waals surface area contributed by atoms with Gasteiger partial charge in [-0.05, 0) is 55.5 Å². The molecule has 226 valence electrons. The van der Waals surface area contributed by atoms with E-state index in [1.54, 1.807) is 12.1 Å². The number of carbonyl (C=O) groups is 2. The molecule has 9 heteroatoms. The molecule has 2 amide bonds. The molecule has 7 rings (SSSR count). The Morgan fingerprint density at radius 3 is 2.33 bits per heavy atom. The Kier molecular flexibility index (Phi) is 7.59. The fraction of sp³-hybridized carbons (Fsp3) is 0.471. The van der Waals surface area contributed by atoms with E-state index in [9.17, 15) is 19.8 Å². The molecule has 4 fully saturated rings. The Hall–Kier alpha value is -3.50. The average Bonchev–Trinajstić information content (AvgIpc) is 3.72. The lowest BCUT2D eigenvalue weighted by Crippen LogP contribution is -2.55. The zero-order valence-corrected chi connectivity index (χ0v) is 24.1. The highest BCUT2D eigenvalue weighted by atomic mass is 16.6. The fourth-order valence-corrected chi connectivity index (χ4v) is 7.78. The number of hydrogen-bond donors (Lipinski definition) is 2. The van der Waals surface area contributed by atoms with E-state index in [0.717, 1.165) is 32.5 Å². The molecule has 2 N–H and O–H groups in total. The number of hydrogen-bond acceptors (Lipinski definition) is 8. The summed E-state index contributed by atoms with van der Waals surface area (Å²) in [5.41, 5.74) is 1.25. The first-order chi connectivity index (χ1) is 20.9. The molecular formula is C34H38N2O7. The standard InChI is InChI=1S/C34H38N2O7/c37-20-26-11-12-29(42-26)30-18-28-31-27(17-23(34(28,40)43-30)21-41-25-9-5-2-6-10-25)32(38)36(33(31)39)24-13-15-35(16-14-24)19-22-7-3-1-4-8-22/h1-12,23-24,27-28,30-31,37,40H,13-21H2/t23-,27+,28+,30+,31+,34-/m1/s1. The van der Waals surface area contributed by atoms with Gasteiger partial charge in [-0.1, -0.05) is 48.5 Å². The number of fused-ring (bicyclic) bond motifs is 3. The van der Waals surface area contributed by atoms with Crippen LogP contribution >= 0.6 is 0 Å². The summed E-state index contributed by atoms with van der Waals surface area (Å²) in [6.45, 7) is 2.37. The lowest BCUT2D eigenvalue weighted by molar-refractivity contribution is -0.274. The van der Waals surface area contributed by atoms with Gasteiger partial charge in [0.1, 0.15) is 30.0 Å². The maximum atomic E-state index is 14.1. The molecule has 43 heavy (non-hydrogen) atoms. The predicted molar refractivity (Wildman–Crippen MR) is 155 cm³/mol. The monoisotopic (exact) mass is 586 g/mol. The molecule has 0 spiro atoms. The normalized spacial score (nSPS) is 31.3. The Morgan fingerprint density at radius 1 is 0.907 bits per heavy atom. The second kappa shape index (κ2) is 11.5. The summed E-state index contributed by atoms with van der Waals surface area (Å²) in [6.07, 6.45) is 1.49. The number of aliphatic hydroxyl groups is 2. The highest BCUT2D eigenvalue weighted by Gasteiger charge is 2.67. The maximum absolute atomic E-state index is 14.1. The van der Waals surface area contributed by atoms with E-state index < -0.39 is 35.6 Å². The quantitative estimate of drug-likeness (QED) is 0.383. The van der Waals surface area contributed by atoms with Crippen molar-refractivity contribution in [3.8, 4) is 5.75 Å². The van der Waals surface area contributed by atoms with Crippen molar-refractivity contribution < 1.29 is 33.7 Å². The van der Waals surface area contributed by atoms with Crippen LogP contribution < -0.4 is 4.74 Å². The number of carbonyl (C=O) groups excluding carboxylic acids is 2. The largest absolute Gasteiger partial charge is 0.493 e. The van der Waals surface area contributed by atoms with Crippen molar-refractivity contribution in [2.45, 2.75) is 56.8 Å². The van der Waals surface area contributed by atoms with Gasteiger partial charge in [-0.3, -0.25) is 19.4 Å². The third kappa shape index (κ3) is 5.18. The Morgan fingerprint density at radius 2 is 1.63 bits per heavy atom. The zero-order chi connectivity index (χ0) is 29.6. The van der Waals surface area contributed by atoms with Crippen LogP contribution in [-0.4, -0.2) is 63.4 Å². The van der Waals surface area contributed by atoms with Crippen LogP contribution in [-0.2, 0) is 27.5 Å². The molecule has 1 saturated carbocycles. The minimum Gasteiger partial charge on any atom is -0.493 e. The summed E-state index contributed by atoms with van der Waals surface area (Å²) in [5, 5.41) is 21.7. The van der Waals surface area contributed by atoms with Gasteiger partial charge in [0.05, 0.1) is 18.4 Å². The van der Waals surface area contributed by atoms with Crippen LogP contribution in [0.25, 0.3) is 0 Å². The van der Waals surface area contributed by atoms with Crippen LogP contribution in [0.2, 0.25) is 0 Å². The topological polar surface area (TPSA) is 113 Å². The molecule has 4 heterocycles. The number of piperidine rings is 1. The first-order valence-electron chi connectivity index (χ1n) is 15.3. The third-order valence-corrected chi connectivity index (χ3v) is 9.92. The van der Waals surface area contributed by atoms with E-state index >= 15 is 0 Å². The van der Waals surface area contributed by atoms with Crippen molar-refractivity contribution in [3.63, 3.8) is 0 Å². The maximum Gasteiger partial charge on any atom is 0.233 e. The number of imide groups is 1. The number of likely N-dealkylation sites (tertiary alicyclic amines) is 2. The summed E-state index contributed by atoms with van der Waals surface area (Å²) in [5.74, 6) is -2.75. The molecule has 4 aliphatic rings. The molecule has 6 atom stereocenters. The highest BCUT2D eigenvalue weighted by Crippen LogP contribution is 2.58. The van der Waals surface area contributed by atoms with Crippen LogP contribution in [0, 0.1) is 23.7 Å². The van der Waals surface area contributed by atoms with Gasteiger partial charge in [-0.25, -0.2) is 0 Å². The number of furan rings is 1. The van der Waals surface area contributed by atoms with E-state index in [1.165, 1.54) is 10.5 Å². The molecule has 3 aliphatic heterocycles. The Balaban J connectivity index is 1.11. The average molecular weight is 587 g/mol. The summed E-state index contributed by atoms with van der Waals surface area (Å²) in [7, 11) is 0. The van der Waals surface area contributed by atoms with Gasteiger partial charge < -0.3 is 24.1 Å². The molecule has 2 aromatic carbocycles. The van der Waals surface area contributed by atoms with E-state index in [0.29, 0.717) is 30.1 Å². The van der Waals surface area contributed by atoms with Gasteiger partial charge >= 0.3 is 0 Å². The van der Waals surface area contributed by atoms with Crippen LogP contribution in [0.5, 0.6) is 5.75 Å². The molecule has 3 saturated heterocycles. The van der Waals surface area contributed by atoms with Crippen LogP contribution in [0.1, 0.15) is 48.9 Å². The molecular weight excluding hydrogens is 548 g/mol. The lowest BCUT2D eigenvalue weighted by Gasteiger charge is -2.44. The third-order valence-electron chi connectivity index (χ3n) is 9.92. The van der Waals surface area contributed by atoms with Crippen molar-refractivity contribution in [2.24, 2.45) is 23.7 Å². The van der Waals surface area contributed by atoms with Gasteiger partial charge in [-0.15, -0.1) is 0 Å². The number of nitrogens with zero attached hydrogens (tertiary/aromatic N) is 2. The van der Waals surface area contributed by atoms with E-state index in [1.807, 2.05) is 48.5 Å². The number of benzene rings is 2. The first-order valence-corrected chi connectivity index (χ1v) is 15.3. The Labute approximate surface area is 251 Å². The van der Waals surface area contributed by atoms with Gasteiger partial charge in [-0.2, -0.15) is 0 Å². The van der Waals surface area contributed by atoms with E-state index in [4.69, 9.17) is 13.9 Å². The lowest BCUT2D eigenvalue weighted by atomic mass is 9.64. The summed E-state index contributed by atoms with van der Waals surface area (Å²) in [4.78, 5) is 32.0. The molecule has 9 nitrogen and oxygen atoms in total. The smallest absolute Gasteiger partial charge is 0.233 e. The van der Waals surface area contributed by atoms with Crippen molar-refractivity contribution in [1.82, 2.24) is 9.80 Å². The highest BCUT2D eigenvalue weighted by molar-refractivity contribution is 6.06.